The standard InChI is InChI=1S/C28H40N2O6/c1-20(2)15-24(29-26(32)35-19-21-11-8-7-9-12-21)25(31)18-30(27(33)36-28(3,4)5)17-22-13-10-14-23(16-22)34-6/h7-14,16,20,24-25,31H,15,17-19H2,1-6H3,(H,29,32)/t24-,25?/m0/s1. The number of alkyl carbamates (subject to hydrolysis) is 1. The van der Waals surface area contributed by atoms with Crippen molar-refractivity contribution in [3.8, 4) is 5.75 Å². The van der Waals surface area contributed by atoms with Gasteiger partial charge in [-0.25, -0.2) is 9.59 Å². The van der Waals surface area contributed by atoms with Crippen LogP contribution in [0.4, 0.5) is 9.59 Å². The third kappa shape index (κ3) is 10.6. The molecule has 2 N–H and O–H groups in total. The first-order valence-corrected chi connectivity index (χ1v) is 12.2. The third-order valence-corrected chi connectivity index (χ3v) is 5.27. The second-order valence-electron chi connectivity index (χ2n) is 10.2. The van der Waals surface area contributed by atoms with E-state index in [-0.39, 0.29) is 25.6 Å². The van der Waals surface area contributed by atoms with E-state index in [2.05, 4.69) is 5.32 Å². The van der Waals surface area contributed by atoms with E-state index in [0.717, 1.165) is 11.1 Å². The molecule has 8 nitrogen and oxygen atoms in total. The third-order valence-electron chi connectivity index (χ3n) is 5.27. The molecule has 2 aromatic carbocycles. The Morgan fingerprint density at radius 2 is 1.69 bits per heavy atom. The van der Waals surface area contributed by atoms with Crippen LogP contribution in [-0.2, 0) is 22.6 Å². The number of hydrogen-bond acceptors (Lipinski definition) is 6. The number of carbonyl (C=O) groups is 2. The molecule has 0 radical (unpaired) electrons. The van der Waals surface area contributed by atoms with Crippen LogP contribution in [0.3, 0.4) is 0 Å². The summed E-state index contributed by atoms with van der Waals surface area (Å²) in [5.74, 6) is 0.852. The molecule has 0 bridgehead atoms. The lowest BCUT2D eigenvalue weighted by Crippen LogP contribution is -2.50. The van der Waals surface area contributed by atoms with Gasteiger partial charge in [-0.2, -0.15) is 0 Å². The highest BCUT2D eigenvalue weighted by Crippen LogP contribution is 2.19. The molecule has 0 saturated heterocycles. The van der Waals surface area contributed by atoms with Gasteiger partial charge in [0.05, 0.1) is 25.8 Å². The molecule has 8 heteroatoms. The summed E-state index contributed by atoms with van der Waals surface area (Å²) in [6.45, 7) is 9.65. The Morgan fingerprint density at radius 3 is 2.31 bits per heavy atom. The maximum Gasteiger partial charge on any atom is 0.410 e. The number of rotatable bonds is 11. The van der Waals surface area contributed by atoms with Gasteiger partial charge in [0.15, 0.2) is 0 Å². The zero-order valence-electron chi connectivity index (χ0n) is 22.2. The normalized spacial score (nSPS) is 13.0. The maximum atomic E-state index is 13.0. The topological polar surface area (TPSA) is 97.3 Å². The summed E-state index contributed by atoms with van der Waals surface area (Å²) >= 11 is 0. The maximum absolute atomic E-state index is 13.0. The van der Waals surface area contributed by atoms with Crippen molar-refractivity contribution in [3.63, 3.8) is 0 Å². The fourth-order valence-corrected chi connectivity index (χ4v) is 3.61. The van der Waals surface area contributed by atoms with Crippen LogP contribution in [0.15, 0.2) is 54.6 Å². The number of benzene rings is 2. The Morgan fingerprint density at radius 1 is 1.03 bits per heavy atom. The van der Waals surface area contributed by atoms with Gasteiger partial charge in [0.2, 0.25) is 0 Å². The van der Waals surface area contributed by atoms with Crippen molar-refractivity contribution in [2.45, 2.75) is 71.9 Å². The second kappa shape index (κ2) is 13.7. The van der Waals surface area contributed by atoms with Crippen molar-refractivity contribution < 1.29 is 28.9 Å². The fourth-order valence-electron chi connectivity index (χ4n) is 3.61. The van der Waals surface area contributed by atoms with Crippen molar-refractivity contribution >= 4 is 12.2 Å². The van der Waals surface area contributed by atoms with Gasteiger partial charge in [-0.05, 0) is 56.4 Å². The SMILES string of the molecule is COc1cccc(CN(CC(O)[C@H](CC(C)C)NC(=O)OCc2ccccc2)C(=O)OC(C)(C)C)c1. The number of methoxy groups -OCH3 is 1. The van der Waals surface area contributed by atoms with Gasteiger partial charge in [-0.15, -0.1) is 0 Å². The minimum atomic E-state index is -1.05. The summed E-state index contributed by atoms with van der Waals surface area (Å²) in [7, 11) is 1.58. The van der Waals surface area contributed by atoms with Gasteiger partial charge in [-0.1, -0.05) is 56.3 Å². The predicted octanol–water partition coefficient (Wildman–Crippen LogP) is 5.13. The van der Waals surface area contributed by atoms with Crippen LogP contribution in [0.25, 0.3) is 0 Å². The summed E-state index contributed by atoms with van der Waals surface area (Å²) in [6.07, 6.45) is -1.72. The summed E-state index contributed by atoms with van der Waals surface area (Å²) in [5.41, 5.74) is 0.983. The Balaban J connectivity index is 2.13. The summed E-state index contributed by atoms with van der Waals surface area (Å²) in [5, 5.41) is 13.9. The van der Waals surface area contributed by atoms with Crippen LogP contribution in [0.1, 0.15) is 52.2 Å². The number of aliphatic hydroxyl groups is 1. The molecule has 0 aliphatic rings. The number of ether oxygens (including phenoxy) is 3. The van der Waals surface area contributed by atoms with Crippen LogP contribution in [0.5, 0.6) is 5.75 Å². The molecular formula is C28H40N2O6. The molecule has 0 heterocycles. The van der Waals surface area contributed by atoms with E-state index in [4.69, 9.17) is 14.2 Å². The molecule has 1 unspecified atom stereocenters. The van der Waals surface area contributed by atoms with E-state index in [0.29, 0.717) is 12.2 Å². The molecule has 0 fully saturated rings. The van der Waals surface area contributed by atoms with E-state index in [1.165, 1.54) is 4.90 Å². The Bertz CT molecular complexity index is 958. The van der Waals surface area contributed by atoms with Crippen molar-refractivity contribution in [1.29, 1.82) is 0 Å². The molecular weight excluding hydrogens is 460 g/mol. The van der Waals surface area contributed by atoms with Crippen molar-refractivity contribution in [1.82, 2.24) is 10.2 Å². The molecule has 2 atom stereocenters. The Hall–Kier alpha value is -3.26. The second-order valence-corrected chi connectivity index (χ2v) is 10.2. The highest BCUT2D eigenvalue weighted by atomic mass is 16.6. The fraction of sp³-hybridized carbons (Fsp3) is 0.500. The van der Waals surface area contributed by atoms with Gasteiger partial charge < -0.3 is 29.5 Å². The minimum absolute atomic E-state index is 0.0392. The van der Waals surface area contributed by atoms with Crippen LogP contribution < -0.4 is 10.1 Å². The number of carbonyl (C=O) groups excluding carboxylic acids is 2. The van der Waals surface area contributed by atoms with Crippen molar-refractivity contribution in [3.05, 3.63) is 65.7 Å². The molecule has 2 amide bonds. The quantitative estimate of drug-likeness (QED) is 0.444. The summed E-state index contributed by atoms with van der Waals surface area (Å²) in [4.78, 5) is 27.0. The number of aliphatic hydroxyl groups excluding tert-OH is 1. The predicted molar refractivity (Wildman–Crippen MR) is 139 cm³/mol. The number of amides is 2. The highest BCUT2D eigenvalue weighted by Gasteiger charge is 2.29. The van der Waals surface area contributed by atoms with E-state index in [1.807, 2.05) is 68.4 Å². The molecule has 0 saturated carbocycles. The van der Waals surface area contributed by atoms with E-state index in [1.54, 1.807) is 27.9 Å². The first kappa shape index (κ1) is 29.0. The molecule has 0 aromatic heterocycles. The van der Waals surface area contributed by atoms with Gasteiger partial charge in [0.1, 0.15) is 18.0 Å². The van der Waals surface area contributed by atoms with Gasteiger partial charge in [0.25, 0.3) is 0 Å². The summed E-state index contributed by atoms with van der Waals surface area (Å²) < 4.78 is 16.2. The molecule has 36 heavy (non-hydrogen) atoms. The van der Waals surface area contributed by atoms with Crippen LogP contribution >= 0.6 is 0 Å². The van der Waals surface area contributed by atoms with Crippen LogP contribution in [0, 0.1) is 5.92 Å². The van der Waals surface area contributed by atoms with Crippen molar-refractivity contribution in [2.75, 3.05) is 13.7 Å². The zero-order chi connectivity index (χ0) is 26.7. The smallest absolute Gasteiger partial charge is 0.410 e. The first-order chi connectivity index (χ1) is 17.0. The van der Waals surface area contributed by atoms with Gasteiger partial charge >= 0.3 is 12.2 Å². The van der Waals surface area contributed by atoms with Crippen LogP contribution in [0.2, 0.25) is 0 Å². The monoisotopic (exact) mass is 500 g/mol. The zero-order valence-corrected chi connectivity index (χ0v) is 22.2. The highest BCUT2D eigenvalue weighted by molar-refractivity contribution is 5.69. The van der Waals surface area contributed by atoms with Crippen LogP contribution in [-0.4, -0.2) is 53.6 Å². The van der Waals surface area contributed by atoms with E-state index >= 15 is 0 Å². The Kier molecular flexibility index (Phi) is 11.0. The molecule has 2 aromatic rings. The molecule has 0 aliphatic carbocycles. The molecule has 198 valence electrons. The number of hydrogen-bond donors (Lipinski definition) is 2. The van der Waals surface area contributed by atoms with E-state index in [9.17, 15) is 14.7 Å². The summed E-state index contributed by atoms with van der Waals surface area (Å²) in [6, 6.07) is 16.1. The minimum Gasteiger partial charge on any atom is -0.497 e. The lowest BCUT2D eigenvalue weighted by molar-refractivity contribution is 0.00697. The molecule has 0 spiro atoms. The average molecular weight is 501 g/mol. The lowest BCUT2D eigenvalue weighted by Gasteiger charge is -2.32. The van der Waals surface area contributed by atoms with Gasteiger partial charge in [-0.3, -0.25) is 0 Å². The van der Waals surface area contributed by atoms with E-state index < -0.39 is 29.9 Å². The number of nitrogens with one attached hydrogen (secondary N) is 1. The largest absolute Gasteiger partial charge is 0.497 e. The molecule has 0 aliphatic heterocycles. The van der Waals surface area contributed by atoms with Crippen molar-refractivity contribution in [2.24, 2.45) is 5.92 Å². The number of nitrogens with zero attached hydrogens (tertiary/aromatic N) is 1. The first-order valence-electron chi connectivity index (χ1n) is 12.2. The van der Waals surface area contributed by atoms with Gasteiger partial charge in [0, 0.05) is 6.54 Å². The molecule has 2 rings (SSSR count). The lowest BCUT2D eigenvalue weighted by atomic mass is 9.98. The average Bonchev–Trinajstić information content (AvgIpc) is 2.81. The Labute approximate surface area is 214 Å².